The predicted octanol–water partition coefficient (Wildman–Crippen LogP) is 5.40. The van der Waals surface area contributed by atoms with Gasteiger partial charge < -0.3 is 4.74 Å². The number of hydrogen-bond donors (Lipinski definition) is 0. The minimum absolute atomic E-state index is 0.0661. The van der Waals surface area contributed by atoms with E-state index < -0.39 is 17.7 Å². The SMILES string of the molecule is COC(=O)c1cc(C(F)(F)F)ccc1SCc1c(C)cccc1C. The third-order valence-electron chi connectivity index (χ3n) is 3.73. The van der Waals surface area contributed by atoms with Crippen molar-refractivity contribution in [2.24, 2.45) is 0 Å². The zero-order valence-corrected chi connectivity index (χ0v) is 14.3. The molecule has 0 fully saturated rings. The number of halogens is 3. The first kappa shape index (κ1) is 18.4. The molecule has 0 aliphatic carbocycles. The molecule has 128 valence electrons. The molecule has 0 heterocycles. The number of benzene rings is 2. The van der Waals surface area contributed by atoms with Crippen LogP contribution in [0.25, 0.3) is 0 Å². The van der Waals surface area contributed by atoms with E-state index >= 15 is 0 Å². The van der Waals surface area contributed by atoms with E-state index in [1.165, 1.54) is 17.8 Å². The number of aryl methyl sites for hydroxylation is 2. The Morgan fingerprint density at radius 3 is 2.29 bits per heavy atom. The fourth-order valence-electron chi connectivity index (χ4n) is 2.33. The summed E-state index contributed by atoms with van der Waals surface area (Å²) >= 11 is 1.32. The monoisotopic (exact) mass is 354 g/mol. The molecule has 0 radical (unpaired) electrons. The van der Waals surface area contributed by atoms with E-state index in [4.69, 9.17) is 0 Å². The highest BCUT2D eigenvalue weighted by Crippen LogP contribution is 2.35. The Balaban J connectivity index is 2.34. The van der Waals surface area contributed by atoms with Crippen molar-refractivity contribution < 1.29 is 22.7 Å². The largest absolute Gasteiger partial charge is 0.465 e. The number of hydrogen-bond acceptors (Lipinski definition) is 3. The molecule has 0 N–H and O–H groups in total. The lowest BCUT2D eigenvalue weighted by Crippen LogP contribution is -2.09. The van der Waals surface area contributed by atoms with Crippen LogP contribution in [0, 0.1) is 13.8 Å². The summed E-state index contributed by atoms with van der Waals surface area (Å²) in [6.45, 7) is 3.97. The Hall–Kier alpha value is -1.95. The fourth-order valence-corrected chi connectivity index (χ4v) is 3.55. The van der Waals surface area contributed by atoms with Gasteiger partial charge in [0.1, 0.15) is 0 Å². The van der Waals surface area contributed by atoms with Gasteiger partial charge in [0, 0.05) is 10.6 Å². The van der Waals surface area contributed by atoms with Gasteiger partial charge >= 0.3 is 12.1 Å². The lowest BCUT2D eigenvalue weighted by atomic mass is 10.1. The van der Waals surface area contributed by atoms with Crippen molar-refractivity contribution in [3.05, 3.63) is 64.2 Å². The summed E-state index contributed by atoms with van der Waals surface area (Å²) in [5.74, 6) is -0.210. The average Bonchev–Trinajstić information content (AvgIpc) is 2.52. The van der Waals surface area contributed by atoms with Gasteiger partial charge in [0.15, 0.2) is 0 Å². The molecule has 0 saturated heterocycles. The number of methoxy groups -OCH3 is 1. The number of thioether (sulfide) groups is 1. The van der Waals surface area contributed by atoms with E-state index in [-0.39, 0.29) is 5.56 Å². The minimum atomic E-state index is -4.50. The molecule has 6 heteroatoms. The van der Waals surface area contributed by atoms with Crippen LogP contribution in [-0.4, -0.2) is 13.1 Å². The van der Waals surface area contributed by atoms with Gasteiger partial charge in [-0.1, -0.05) is 18.2 Å². The van der Waals surface area contributed by atoms with Gasteiger partial charge in [0.25, 0.3) is 0 Å². The van der Waals surface area contributed by atoms with Crippen molar-refractivity contribution in [2.45, 2.75) is 30.7 Å². The molecule has 2 aromatic carbocycles. The van der Waals surface area contributed by atoms with Crippen LogP contribution < -0.4 is 0 Å². The standard InChI is InChI=1S/C18H17F3O2S/c1-11-5-4-6-12(2)15(11)10-24-16-8-7-13(18(19,20)21)9-14(16)17(22)23-3/h4-9H,10H2,1-3H3. The lowest BCUT2D eigenvalue weighted by Gasteiger charge is -2.13. The molecule has 0 saturated carbocycles. The first-order chi connectivity index (χ1) is 11.2. The van der Waals surface area contributed by atoms with Gasteiger partial charge in [-0.25, -0.2) is 4.79 Å². The second kappa shape index (κ2) is 7.30. The number of rotatable bonds is 4. The van der Waals surface area contributed by atoms with Gasteiger partial charge in [-0.15, -0.1) is 11.8 Å². The minimum Gasteiger partial charge on any atom is -0.465 e. The smallest absolute Gasteiger partial charge is 0.416 e. The third-order valence-corrected chi connectivity index (χ3v) is 4.83. The van der Waals surface area contributed by atoms with Crippen LogP contribution in [0.4, 0.5) is 13.2 Å². The predicted molar refractivity (Wildman–Crippen MR) is 88.3 cm³/mol. The third kappa shape index (κ3) is 4.12. The number of carbonyl (C=O) groups is 1. The van der Waals surface area contributed by atoms with Crippen LogP contribution in [0.15, 0.2) is 41.3 Å². The maximum absolute atomic E-state index is 12.9. The molecule has 2 aromatic rings. The zero-order valence-electron chi connectivity index (χ0n) is 13.5. The van der Waals surface area contributed by atoms with E-state index in [1.807, 2.05) is 32.0 Å². The normalized spacial score (nSPS) is 11.4. The van der Waals surface area contributed by atoms with Gasteiger partial charge in [-0.2, -0.15) is 13.2 Å². The van der Waals surface area contributed by atoms with Gasteiger partial charge in [0.2, 0.25) is 0 Å². The van der Waals surface area contributed by atoms with Crippen molar-refractivity contribution in [1.29, 1.82) is 0 Å². The first-order valence-electron chi connectivity index (χ1n) is 7.21. The van der Waals surface area contributed by atoms with Gasteiger partial charge in [-0.05, 0) is 48.7 Å². The molecule has 0 amide bonds. The Morgan fingerprint density at radius 1 is 1.12 bits per heavy atom. The summed E-state index contributed by atoms with van der Waals surface area (Å²) in [5, 5.41) is 0. The molecule has 0 aliphatic rings. The van der Waals surface area contributed by atoms with E-state index in [9.17, 15) is 18.0 Å². The van der Waals surface area contributed by atoms with Crippen LogP contribution in [0.5, 0.6) is 0 Å². The highest BCUT2D eigenvalue weighted by molar-refractivity contribution is 7.98. The summed E-state index contributed by atoms with van der Waals surface area (Å²) in [6, 6.07) is 9.08. The zero-order chi connectivity index (χ0) is 17.9. The Kier molecular flexibility index (Phi) is 5.59. The second-order valence-corrected chi connectivity index (χ2v) is 6.38. The molecule has 0 atom stereocenters. The molecule has 0 aliphatic heterocycles. The quantitative estimate of drug-likeness (QED) is 0.543. The Labute approximate surface area is 143 Å². The molecular formula is C18H17F3O2S. The molecule has 2 nitrogen and oxygen atoms in total. The van der Waals surface area contributed by atoms with Crippen molar-refractivity contribution in [3.63, 3.8) is 0 Å². The topological polar surface area (TPSA) is 26.3 Å². The summed E-state index contributed by atoms with van der Waals surface area (Å²) in [7, 11) is 1.16. The number of esters is 1. The maximum Gasteiger partial charge on any atom is 0.416 e. The number of ether oxygens (including phenoxy) is 1. The van der Waals surface area contributed by atoms with E-state index in [0.717, 1.165) is 35.9 Å². The van der Waals surface area contributed by atoms with Crippen molar-refractivity contribution >= 4 is 17.7 Å². The summed E-state index contributed by atoms with van der Waals surface area (Å²) < 4.78 is 43.2. The summed E-state index contributed by atoms with van der Waals surface area (Å²) in [5.41, 5.74) is 2.39. The van der Waals surface area contributed by atoms with Crippen LogP contribution in [-0.2, 0) is 16.7 Å². The lowest BCUT2D eigenvalue weighted by molar-refractivity contribution is -0.137. The van der Waals surface area contributed by atoms with Crippen molar-refractivity contribution in [1.82, 2.24) is 0 Å². The highest BCUT2D eigenvalue weighted by atomic mass is 32.2. The molecule has 0 unspecified atom stereocenters. The highest BCUT2D eigenvalue weighted by Gasteiger charge is 2.32. The van der Waals surface area contributed by atoms with E-state index in [1.54, 1.807) is 0 Å². The molecule has 2 rings (SSSR count). The molecule has 0 spiro atoms. The number of carbonyl (C=O) groups excluding carboxylic acids is 1. The molecule has 0 aromatic heterocycles. The molecular weight excluding hydrogens is 337 g/mol. The average molecular weight is 354 g/mol. The second-order valence-electron chi connectivity index (χ2n) is 5.36. The van der Waals surface area contributed by atoms with Crippen LogP contribution in [0.3, 0.4) is 0 Å². The number of alkyl halides is 3. The first-order valence-corrected chi connectivity index (χ1v) is 8.20. The van der Waals surface area contributed by atoms with Gasteiger partial charge in [0.05, 0.1) is 18.2 Å². The van der Waals surface area contributed by atoms with Crippen LogP contribution in [0.1, 0.15) is 32.6 Å². The fraction of sp³-hybridized carbons (Fsp3) is 0.278. The van der Waals surface area contributed by atoms with Crippen molar-refractivity contribution in [3.8, 4) is 0 Å². The van der Waals surface area contributed by atoms with E-state index in [2.05, 4.69) is 4.74 Å². The van der Waals surface area contributed by atoms with Crippen LogP contribution >= 0.6 is 11.8 Å². The Morgan fingerprint density at radius 2 is 1.75 bits per heavy atom. The maximum atomic E-state index is 12.9. The Bertz CT molecular complexity index is 734. The summed E-state index contributed by atoms with van der Waals surface area (Å²) in [6.07, 6.45) is -4.50. The summed E-state index contributed by atoms with van der Waals surface area (Å²) in [4.78, 5) is 12.3. The van der Waals surface area contributed by atoms with Crippen LogP contribution in [0.2, 0.25) is 0 Å². The molecule has 24 heavy (non-hydrogen) atoms. The van der Waals surface area contributed by atoms with E-state index in [0.29, 0.717) is 10.6 Å². The van der Waals surface area contributed by atoms with Crippen molar-refractivity contribution in [2.75, 3.05) is 7.11 Å². The van der Waals surface area contributed by atoms with Gasteiger partial charge in [-0.3, -0.25) is 0 Å². The molecule has 0 bridgehead atoms.